The molecule has 0 aliphatic heterocycles. The number of aliphatic hydroxyl groups is 1. The van der Waals surface area contributed by atoms with Crippen molar-refractivity contribution in [3.8, 4) is 5.75 Å². The highest BCUT2D eigenvalue weighted by Gasteiger charge is 2.23. The lowest BCUT2D eigenvalue weighted by Crippen LogP contribution is -2.09. The van der Waals surface area contributed by atoms with Crippen molar-refractivity contribution in [1.82, 2.24) is 0 Å². The molecule has 0 bridgehead atoms. The van der Waals surface area contributed by atoms with Crippen LogP contribution in [0.4, 0.5) is 8.78 Å². The Morgan fingerprint density at radius 1 is 1.43 bits per heavy atom. The molecule has 0 fully saturated rings. The SMILES string of the molecule is COc1c(Cl)cccc1C(O)C(F)F. The third-order valence-corrected chi connectivity index (χ3v) is 2.06. The number of rotatable bonds is 3. The van der Waals surface area contributed by atoms with Crippen molar-refractivity contribution < 1.29 is 18.6 Å². The molecule has 0 saturated carbocycles. The van der Waals surface area contributed by atoms with Gasteiger partial charge in [0.1, 0.15) is 11.9 Å². The molecule has 5 heteroatoms. The smallest absolute Gasteiger partial charge is 0.268 e. The molecule has 14 heavy (non-hydrogen) atoms. The monoisotopic (exact) mass is 222 g/mol. The molecule has 1 rings (SSSR count). The van der Waals surface area contributed by atoms with Crippen molar-refractivity contribution in [2.24, 2.45) is 0 Å². The zero-order chi connectivity index (χ0) is 10.7. The van der Waals surface area contributed by atoms with E-state index < -0.39 is 12.5 Å². The van der Waals surface area contributed by atoms with Crippen LogP contribution in [-0.4, -0.2) is 18.6 Å². The van der Waals surface area contributed by atoms with Gasteiger partial charge in [-0.2, -0.15) is 0 Å². The average Bonchev–Trinajstić information content (AvgIpc) is 2.16. The van der Waals surface area contributed by atoms with E-state index in [1.807, 2.05) is 0 Å². The summed E-state index contributed by atoms with van der Waals surface area (Å²) in [6, 6.07) is 4.33. The second-order valence-corrected chi connectivity index (χ2v) is 3.05. The zero-order valence-corrected chi connectivity index (χ0v) is 8.13. The van der Waals surface area contributed by atoms with Gasteiger partial charge in [0, 0.05) is 5.56 Å². The topological polar surface area (TPSA) is 29.5 Å². The first-order chi connectivity index (χ1) is 6.57. The molecule has 0 radical (unpaired) electrons. The average molecular weight is 223 g/mol. The third-order valence-electron chi connectivity index (χ3n) is 1.76. The minimum absolute atomic E-state index is 0.00463. The van der Waals surface area contributed by atoms with Gasteiger partial charge in [-0.1, -0.05) is 23.7 Å². The molecule has 0 aliphatic carbocycles. The normalized spacial score (nSPS) is 13.0. The largest absolute Gasteiger partial charge is 0.495 e. The van der Waals surface area contributed by atoms with Crippen LogP contribution in [0.25, 0.3) is 0 Å². The second kappa shape index (κ2) is 4.57. The lowest BCUT2D eigenvalue weighted by atomic mass is 10.1. The van der Waals surface area contributed by atoms with E-state index >= 15 is 0 Å². The van der Waals surface area contributed by atoms with Crippen LogP contribution in [0.1, 0.15) is 11.7 Å². The number of alkyl halides is 2. The van der Waals surface area contributed by atoms with Gasteiger partial charge >= 0.3 is 0 Å². The summed E-state index contributed by atoms with van der Waals surface area (Å²) in [5, 5.41) is 9.34. The molecule has 1 unspecified atom stereocenters. The predicted molar refractivity (Wildman–Crippen MR) is 49.0 cm³/mol. The number of ether oxygens (including phenoxy) is 1. The Morgan fingerprint density at radius 3 is 2.57 bits per heavy atom. The maximum absolute atomic E-state index is 12.2. The minimum Gasteiger partial charge on any atom is -0.495 e. The molecule has 1 N–H and O–H groups in total. The summed E-state index contributed by atoms with van der Waals surface area (Å²) in [6.07, 6.45) is -4.73. The molecular formula is C9H9ClF2O2. The molecule has 0 aliphatic rings. The van der Waals surface area contributed by atoms with E-state index in [4.69, 9.17) is 21.4 Å². The van der Waals surface area contributed by atoms with Gasteiger partial charge in [-0.25, -0.2) is 8.78 Å². The fourth-order valence-electron chi connectivity index (χ4n) is 1.11. The number of halogens is 3. The summed E-state index contributed by atoms with van der Waals surface area (Å²) in [5.74, 6) is 0.0852. The van der Waals surface area contributed by atoms with E-state index in [1.54, 1.807) is 0 Å². The van der Waals surface area contributed by atoms with Gasteiger partial charge in [0.25, 0.3) is 6.43 Å². The van der Waals surface area contributed by atoms with Crippen LogP contribution in [0.5, 0.6) is 5.75 Å². The molecule has 2 nitrogen and oxygen atoms in total. The van der Waals surface area contributed by atoms with Crippen LogP contribution in [0.3, 0.4) is 0 Å². The second-order valence-electron chi connectivity index (χ2n) is 2.64. The van der Waals surface area contributed by atoms with E-state index in [0.717, 1.165) is 0 Å². The van der Waals surface area contributed by atoms with Crippen molar-refractivity contribution in [3.63, 3.8) is 0 Å². The van der Waals surface area contributed by atoms with Crippen LogP contribution in [0, 0.1) is 0 Å². The fourth-order valence-corrected chi connectivity index (χ4v) is 1.37. The van der Waals surface area contributed by atoms with Crippen LogP contribution in [-0.2, 0) is 0 Å². The molecule has 1 atom stereocenters. The molecule has 78 valence electrons. The fraction of sp³-hybridized carbons (Fsp3) is 0.333. The van der Waals surface area contributed by atoms with Gasteiger partial charge in [0.2, 0.25) is 0 Å². The highest BCUT2D eigenvalue weighted by Crippen LogP contribution is 2.34. The number of benzene rings is 1. The molecule has 0 saturated heterocycles. The molecule has 1 aromatic rings. The molecule has 0 aromatic heterocycles. The third kappa shape index (κ3) is 2.13. The minimum atomic E-state index is -2.86. The van der Waals surface area contributed by atoms with Gasteiger partial charge in [-0.05, 0) is 6.07 Å². The van der Waals surface area contributed by atoms with Gasteiger partial charge in [0.15, 0.2) is 0 Å². The summed E-state index contributed by atoms with van der Waals surface area (Å²) in [5.41, 5.74) is -0.00463. The Labute approximate surface area is 85.1 Å². The molecule has 1 aromatic carbocycles. The Bertz CT molecular complexity index is 318. The number of hydrogen-bond acceptors (Lipinski definition) is 2. The number of methoxy groups -OCH3 is 1. The maximum Gasteiger partial charge on any atom is 0.268 e. The Hall–Kier alpha value is -0.870. The standard InChI is InChI=1S/C9H9ClF2O2/c1-14-8-5(7(13)9(11)12)3-2-4-6(8)10/h2-4,7,9,13H,1H3. The predicted octanol–water partition coefficient (Wildman–Crippen LogP) is 2.65. The van der Waals surface area contributed by atoms with Crippen molar-refractivity contribution in [1.29, 1.82) is 0 Å². The van der Waals surface area contributed by atoms with E-state index in [9.17, 15) is 8.78 Å². The molecule has 0 amide bonds. The first-order valence-corrected chi connectivity index (χ1v) is 4.24. The Morgan fingerprint density at radius 2 is 2.07 bits per heavy atom. The lowest BCUT2D eigenvalue weighted by molar-refractivity contribution is -0.00697. The summed E-state index contributed by atoms with van der Waals surface area (Å²) >= 11 is 5.70. The molecule has 0 spiro atoms. The number of para-hydroxylation sites is 1. The van der Waals surface area contributed by atoms with Gasteiger partial charge in [-0.3, -0.25) is 0 Å². The van der Waals surface area contributed by atoms with Crippen LogP contribution in [0.2, 0.25) is 5.02 Å². The summed E-state index contributed by atoms with van der Waals surface area (Å²) < 4.78 is 29.2. The van der Waals surface area contributed by atoms with Gasteiger partial charge < -0.3 is 9.84 Å². The van der Waals surface area contributed by atoms with Crippen molar-refractivity contribution in [3.05, 3.63) is 28.8 Å². The van der Waals surface area contributed by atoms with E-state index in [2.05, 4.69) is 0 Å². The lowest BCUT2D eigenvalue weighted by Gasteiger charge is -2.14. The van der Waals surface area contributed by atoms with Crippen molar-refractivity contribution in [2.75, 3.05) is 7.11 Å². The molecular weight excluding hydrogens is 214 g/mol. The van der Waals surface area contributed by atoms with Crippen LogP contribution in [0.15, 0.2) is 18.2 Å². The van der Waals surface area contributed by atoms with E-state index in [0.29, 0.717) is 0 Å². The zero-order valence-electron chi connectivity index (χ0n) is 7.38. The van der Waals surface area contributed by atoms with Crippen LogP contribution < -0.4 is 4.74 Å². The highest BCUT2D eigenvalue weighted by atomic mass is 35.5. The van der Waals surface area contributed by atoms with Crippen molar-refractivity contribution in [2.45, 2.75) is 12.5 Å². The molecule has 0 heterocycles. The first-order valence-electron chi connectivity index (χ1n) is 3.86. The summed E-state index contributed by atoms with van der Waals surface area (Å²) in [6.45, 7) is 0. The first kappa shape index (κ1) is 11.2. The number of hydrogen-bond donors (Lipinski definition) is 1. The van der Waals surface area contributed by atoms with Crippen molar-refractivity contribution >= 4 is 11.6 Å². The maximum atomic E-state index is 12.2. The van der Waals surface area contributed by atoms with Gasteiger partial charge in [0.05, 0.1) is 12.1 Å². The van der Waals surface area contributed by atoms with E-state index in [-0.39, 0.29) is 16.3 Å². The highest BCUT2D eigenvalue weighted by molar-refractivity contribution is 6.32. The van der Waals surface area contributed by atoms with E-state index in [1.165, 1.54) is 25.3 Å². The summed E-state index contributed by atoms with van der Waals surface area (Å²) in [4.78, 5) is 0. The Kier molecular flexibility index (Phi) is 3.66. The summed E-state index contributed by atoms with van der Waals surface area (Å²) in [7, 11) is 1.31. The van der Waals surface area contributed by atoms with Gasteiger partial charge in [-0.15, -0.1) is 0 Å². The quantitative estimate of drug-likeness (QED) is 0.852. The Balaban J connectivity index is 3.13. The number of aliphatic hydroxyl groups excluding tert-OH is 1. The van der Waals surface area contributed by atoms with Crippen LogP contribution >= 0.6 is 11.6 Å².